The topological polar surface area (TPSA) is 93.2 Å². The molecule has 0 aromatic heterocycles. The number of nitriles is 1. The van der Waals surface area contributed by atoms with Crippen molar-refractivity contribution >= 4 is 23.4 Å². The van der Waals surface area contributed by atoms with Crippen molar-refractivity contribution < 1.29 is 27.6 Å². The zero-order valence-corrected chi connectivity index (χ0v) is 11.2. The monoisotopic (exact) mass is 320 g/mol. The average molecular weight is 320 g/mol. The molecule has 1 aromatic carbocycles. The van der Waals surface area contributed by atoms with Crippen molar-refractivity contribution in [3.63, 3.8) is 0 Å². The van der Waals surface area contributed by atoms with Gasteiger partial charge in [0.15, 0.2) is 0 Å². The van der Waals surface area contributed by atoms with Gasteiger partial charge in [0.2, 0.25) is 0 Å². The molecule has 0 bridgehead atoms. The Balaban J connectivity index is 3.50. The third-order valence-corrected chi connectivity index (χ3v) is 2.94. The summed E-state index contributed by atoms with van der Waals surface area (Å²) in [6, 6.07) is 3.06. The lowest BCUT2D eigenvalue weighted by Crippen LogP contribution is -2.10. The van der Waals surface area contributed by atoms with Gasteiger partial charge in [0, 0.05) is 0 Å². The zero-order valence-electron chi connectivity index (χ0n) is 10.4. The molecule has 0 aliphatic rings. The van der Waals surface area contributed by atoms with Gasteiger partial charge >= 0.3 is 17.2 Å². The van der Waals surface area contributed by atoms with Crippen LogP contribution < -0.4 is 0 Å². The van der Waals surface area contributed by atoms with Crippen molar-refractivity contribution in [2.75, 3.05) is 6.61 Å². The quantitative estimate of drug-likeness (QED) is 0.366. The van der Waals surface area contributed by atoms with Crippen LogP contribution in [-0.4, -0.2) is 23.0 Å². The maximum atomic E-state index is 12.4. The van der Waals surface area contributed by atoms with E-state index in [1.807, 2.05) is 0 Å². The lowest BCUT2D eigenvalue weighted by atomic mass is 10.1. The van der Waals surface area contributed by atoms with Crippen LogP contribution in [0.1, 0.15) is 22.8 Å². The van der Waals surface area contributed by atoms with E-state index in [1.165, 1.54) is 13.0 Å². The van der Waals surface area contributed by atoms with E-state index in [4.69, 9.17) is 5.26 Å². The number of hydrogen-bond acceptors (Lipinski definition) is 6. The maximum absolute atomic E-state index is 12.4. The number of thioether (sulfide) groups is 1. The van der Waals surface area contributed by atoms with Gasteiger partial charge in [-0.25, -0.2) is 4.79 Å². The number of ether oxygens (including phenoxy) is 1. The molecular weight excluding hydrogens is 313 g/mol. The number of esters is 1. The van der Waals surface area contributed by atoms with Crippen LogP contribution in [0.25, 0.3) is 0 Å². The first kappa shape index (κ1) is 16.8. The standard InChI is InChI=1S/C11H7F3N2O4S/c1-2-20-10(17)6-3-4-8(21-11(12,13)14)9(16(18)19)7(6)5-15/h3-4H,2H2,1H3. The second kappa shape index (κ2) is 6.45. The molecule has 1 aromatic rings. The predicted molar refractivity (Wildman–Crippen MR) is 65.7 cm³/mol. The first-order valence-corrected chi connectivity index (χ1v) is 6.17. The molecule has 0 atom stereocenters. The highest BCUT2D eigenvalue weighted by Crippen LogP contribution is 2.43. The van der Waals surface area contributed by atoms with Crippen molar-refractivity contribution in [1.82, 2.24) is 0 Å². The highest BCUT2D eigenvalue weighted by Gasteiger charge is 2.36. The van der Waals surface area contributed by atoms with Gasteiger partial charge in [0.1, 0.15) is 11.6 Å². The Morgan fingerprint density at radius 3 is 2.57 bits per heavy atom. The highest BCUT2D eigenvalue weighted by atomic mass is 32.2. The molecule has 0 spiro atoms. The summed E-state index contributed by atoms with van der Waals surface area (Å²) in [7, 11) is 0. The van der Waals surface area contributed by atoms with E-state index in [2.05, 4.69) is 4.74 Å². The van der Waals surface area contributed by atoms with E-state index in [-0.39, 0.29) is 6.61 Å². The molecule has 112 valence electrons. The first-order valence-electron chi connectivity index (χ1n) is 5.35. The molecule has 0 amide bonds. The first-order chi connectivity index (χ1) is 9.71. The highest BCUT2D eigenvalue weighted by molar-refractivity contribution is 8.00. The number of nitrogens with zero attached hydrogens (tertiary/aromatic N) is 2. The van der Waals surface area contributed by atoms with Gasteiger partial charge < -0.3 is 4.74 Å². The number of hydrogen-bond donors (Lipinski definition) is 0. The van der Waals surface area contributed by atoms with Crippen molar-refractivity contribution in [1.29, 1.82) is 5.26 Å². The largest absolute Gasteiger partial charge is 0.462 e. The Bertz CT molecular complexity index is 625. The Kier molecular flexibility index (Phi) is 5.15. The van der Waals surface area contributed by atoms with Crippen LogP contribution in [0.15, 0.2) is 17.0 Å². The molecule has 0 aliphatic carbocycles. The lowest BCUT2D eigenvalue weighted by Gasteiger charge is -2.09. The molecule has 0 N–H and O–H groups in total. The van der Waals surface area contributed by atoms with Gasteiger partial charge in [-0.15, -0.1) is 0 Å². The fraction of sp³-hybridized carbons (Fsp3) is 0.273. The summed E-state index contributed by atoms with van der Waals surface area (Å²) in [6.07, 6.45) is 0. The Morgan fingerprint density at radius 1 is 1.52 bits per heavy atom. The third kappa shape index (κ3) is 4.09. The summed E-state index contributed by atoms with van der Waals surface area (Å²) in [5.41, 5.74) is -7.03. The number of carbonyl (C=O) groups excluding carboxylic acids is 1. The summed E-state index contributed by atoms with van der Waals surface area (Å²) in [6.45, 7) is 1.43. The number of rotatable bonds is 4. The third-order valence-electron chi connectivity index (χ3n) is 2.16. The molecule has 0 radical (unpaired) electrons. The number of nitro groups is 1. The fourth-order valence-electron chi connectivity index (χ4n) is 1.45. The average Bonchev–Trinajstić information content (AvgIpc) is 2.35. The Labute approximate surface area is 120 Å². The van der Waals surface area contributed by atoms with Crippen LogP contribution in [0, 0.1) is 21.4 Å². The molecule has 10 heteroatoms. The van der Waals surface area contributed by atoms with Gasteiger partial charge in [-0.05, 0) is 30.8 Å². The minimum Gasteiger partial charge on any atom is -0.462 e. The second-order valence-corrected chi connectivity index (χ2v) is 4.58. The molecule has 0 saturated carbocycles. The maximum Gasteiger partial charge on any atom is 0.446 e. The van der Waals surface area contributed by atoms with Crippen molar-refractivity contribution in [2.45, 2.75) is 17.3 Å². The molecule has 0 heterocycles. The molecule has 21 heavy (non-hydrogen) atoms. The van der Waals surface area contributed by atoms with Gasteiger partial charge in [-0.2, -0.15) is 18.4 Å². The summed E-state index contributed by atoms with van der Waals surface area (Å²) in [4.78, 5) is 20.6. The molecule has 0 saturated heterocycles. The second-order valence-electron chi connectivity index (χ2n) is 3.47. The van der Waals surface area contributed by atoms with Crippen LogP contribution >= 0.6 is 11.8 Å². The van der Waals surface area contributed by atoms with Gasteiger partial charge in [0.05, 0.1) is 22.0 Å². The zero-order chi connectivity index (χ0) is 16.2. The Morgan fingerprint density at radius 2 is 2.14 bits per heavy atom. The van der Waals surface area contributed by atoms with Crippen LogP contribution in [0.2, 0.25) is 0 Å². The lowest BCUT2D eigenvalue weighted by molar-refractivity contribution is -0.388. The smallest absolute Gasteiger partial charge is 0.446 e. The molecule has 0 fully saturated rings. The number of carbonyl (C=O) groups is 1. The van der Waals surface area contributed by atoms with Crippen LogP contribution in [0.3, 0.4) is 0 Å². The molecule has 6 nitrogen and oxygen atoms in total. The number of nitro benzene ring substituents is 1. The fourth-order valence-corrected chi connectivity index (χ4v) is 2.11. The van der Waals surface area contributed by atoms with E-state index in [0.717, 1.165) is 12.1 Å². The molecule has 1 rings (SSSR count). The SMILES string of the molecule is CCOC(=O)c1ccc(SC(F)(F)F)c([N+](=O)[O-])c1C#N. The van der Waals surface area contributed by atoms with Gasteiger partial charge in [-0.3, -0.25) is 10.1 Å². The van der Waals surface area contributed by atoms with Crippen molar-refractivity contribution in [3.8, 4) is 6.07 Å². The molecule has 0 unspecified atom stereocenters. The van der Waals surface area contributed by atoms with Crippen molar-refractivity contribution in [2.24, 2.45) is 0 Å². The summed E-state index contributed by atoms with van der Waals surface area (Å²) < 4.78 is 41.7. The summed E-state index contributed by atoms with van der Waals surface area (Å²) in [5.74, 6) is -1.01. The van der Waals surface area contributed by atoms with Crippen LogP contribution in [-0.2, 0) is 4.74 Å². The van der Waals surface area contributed by atoms with Crippen LogP contribution in [0.4, 0.5) is 18.9 Å². The molecular formula is C11H7F3N2O4S. The summed E-state index contributed by atoms with van der Waals surface area (Å²) >= 11 is -0.726. The minimum absolute atomic E-state index is 0.0451. The Hall–Kier alpha value is -2.28. The van der Waals surface area contributed by atoms with Gasteiger partial charge in [0.25, 0.3) is 0 Å². The number of halogens is 3. The normalized spacial score (nSPS) is 10.8. The van der Waals surface area contributed by atoms with E-state index >= 15 is 0 Å². The predicted octanol–water partition coefficient (Wildman–Crippen LogP) is 3.26. The summed E-state index contributed by atoms with van der Waals surface area (Å²) in [5, 5.41) is 19.9. The molecule has 0 aliphatic heterocycles. The van der Waals surface area contributed by atoms with Crippen LogP contribution in [0.5, 0.6) is 0 Å². The minimum atomic E-state index is -4.76. The number of benzene rings is 1. The van der Waals surface area contributed by atoms with E-state index < -0.39 is 49.9 Å². The van der Waals surface area contributed by atoms with E-state index in [0.29, 0.717) is 0 Å². The van der Waals surface area contributed by atoms with Crippen molar-refractivity contribution in [3.05, 3.63) is 33.4 Å². The number of alkyl halides is 3. The van der Waals surface area contributed by atoms with E-state index in [9.17, 15) is 28.1 Å². The van der Waals surface area contributed by atoms with Gasteiger partial charge in [-0.1, -0.05) is 0 Å². The van der Waals surface area contributed by atoms with E-state index in [1.54, 1.807) is 0 Å².